The maximum absolute atomic E-state index is 13.8. The van der Waals surface area contributed by atoms with Crippen LogP contribution in [0.25, 0.3) is 0 Å². The molecule has 208 valence electrons. The van der Waals surface area contributed by atoms with E-state index < -0.39 is 51.9 Å². The number of nitrogens with zero attached hydrogens (tertiary/aromatic N) is 2. The van der Waals surface area contributed by atoms with Gasteiger partial charge in [0.1, 0.15) is 12.6 Å². The van der Waals surface area contributed by atoms with Gasteiger partial charge in [-0.25, -0.2) is 8.42 Å². The molecule has 3 rings (SSSR count). The van der Waals surface area contributed by atoms with Crippen molar-refractivity contribution >= 4 is 39.1 Å². The molecule has 12 heteroatoms. The fourth-order valence-corrected chi connectivity index (χ4v) is 5.69. The van der Waals surface area contributed by atoms with Gasteiger partial charge in [0, 0.05) is 13.6 Å². The third kappa shape index (κ3) is 7.10. The average Bonchev–Trinajstić information content (AvgIpc) is 2.92. The number of sulfonamides is 1. The van der Waals surface area contributed by atoms with Crippen LogP contribution in [0.3, 0.4) is 0 Å². The van der Waals surface area contributed by atoms with Gasteiger partial charge in [0.05, 0.1) is 21.2 Å². The molecule has 1 atom stereocenters. The summed E-state index contributed by atoms with van der Waals surface area (Å²) in [5, 5.41) is 2.20. The topological polar surface area (TPSA) is 86.8 Å². The van der Waals surface area contributed by atoms with Crippen LogP contribution < -0.4 is 9.62 Å². The summed E-state index contributed by atoms with van der Waals surface area (Å²) in [6.07, 6.45) is -4.59. The molecule has 0 saturated carbocycles. The van der Waals surface area contributed by atoms with Gasteiger partial charge in [0.2, 0.25) is 11.8 Å². The molecule has 0 fully saturated rings. The van der Waals surface area contributed by atoms with Crippen molar-refractivity contribution in [2.24, 2.45) is 0 Å². The number of benzene rings is 3. The van der Waals surface area contributed by atoms with Gasteiger partial charge in [-0.15, -0.1) is 0 Å². The first-order chi connectivity index (χ1) is 18.4. The molecule has 0 heterocycles. The van der Waals surface area contributed by atoms with Crippen molar-refractivity contribution in [2.75, 3.05) is 17.9 Å². The van der Waals surface area contributed by atoms with E-state index in [1.807, 2.05) is 0 Å². The molecule has 2 amide bonds. The molecular formula is C27H27ClF3N3O4S. The van der Waals surface area contributed by atoms with E-state index in [2.05, 4.69) is 5.32 Å². The van der Waals surface area contributed by atoms with Crippen LogP contribution in [0, 0.1) is 0 Å². The fourth-order valence-electron chi connectivity index (χ4n) is 3.98. The quantitative estimate of drug-likeness (QED) is 0.361. The standard InChI is InChI=1S/C27H27ClF3N3O4S/c1-3-23(26(36)32-2)33(17-19-10-6-4-7-11-19)25(35)18-34(39(37,38)21-12-8-5-9-13-21)24-16-20(27(29,30)31)14-15-22(24)28/h4-16,23H,3,17-18H2,1-2H3,(H,32,36)/t23-/m1/s1. The zero-order chi connectivity index (χ0) is 28.8. The van der Waals surface area contributed by atoms with Gasteiger partial charge < -0.3 is 10.2 Å². The lowest BCUT2D eigenvalue weighted by atomic mass is 10.1. The van der Waals surface area contributed by atoms with Crippen molar-refractivity contribution in [1.29, 1.82) is 0 Å². The zero-order valence-electron chi connectivity index (χ0n) is 21.2. The molecule has 0 spiro atoms. The van der Waals surface area contributed by atoms with Crippen molar-refractivity contribution in [2.45, 2.75) is 37.0 Å². The molecule has 0 radical (unpaired) electrons. The van der Waals surface area contributed by atoms with Gasteiger partial charge in [-0.05, 0) is 42.3 Å². The van der Waals surface area contributed by atoms with Crippen molar-refractivity contribution in [3.8, 4) is 0 Å². The number of hydrogen-bond donors (Lipinski definition) is 1. The lowest BCUT2D eigenvalue weighted by molar-refractivity contribution is -0.140. The van der Waals surface area contributed by atoms with Crippen molar-refractivity contribution in [3.05, 3.63) is 95.0 Å². The van der Waals surface area contributed by atoms with Crippen molar-refractivity contribution in [1.82, 2.24) is 10.2 Å². The van der Waals surface area contributed by atoms with E-state index in [1.54, 1.807) is 43.3 Å². The summed E-state index contributed by atoms with van der Waals surface area (Å²) in [5.74, 6) is -1.28. The molecule has 0 saturated heterocycles. The molecule has 3 aromatic rings. The highest BCUT2D eigenvalue weighted by Gasteiger charge is 2.36. The van der Waals surface area contributed by atoms with Gasteiger partial charge in [-0.3, -0.25) is 13.9 Å². The van der Waals surface area contributed by atoms with Crippen molar-refractivity contribution in [3.63, 3.8) is 0 Å². The van der Waals surface area contributed by atoms with Gasteiger partial charge >= 0.3 is 6.18 Å². The molecule has 1 N–H and O–H groups in total. The molecule has 3 aromatic carbocycles. The van der Waals surface area contributed by atoms with Crippen LogP contribution in [0.15, 0.2) is 83.8 Å². The molecule has 0 bridgehead atoms. The molecule has 0 aliphatic carbocycles. The molecule has 0 unspecified atom stereocenters. The second kappa shape index (κ2) is 12.5. The number of carbonyl (C=O) groups is 2. The Bertz CT molecular complexity index is 1400. The first kappa shape index (κ1) is 30.0. The molecule has 39 heavy (non-hydrogen) atoms. The highest BCUT2D eigenvalue weighted by Crippen LogP contribution is 2.37. The minimum absolute atomic E-state index is 0.0405. The Balaban J connectivity index is 2.15. The third-order valence-electron chi connectivity index (χ3n) is 5.98. The number of rotatable bonds is 10. The molecule has 0 aromatic heterocycles. The number of halogens is 4. The lowest BCUT2D eigenvalue weighted by Crippen LogP contribution is -2.51. The fraction of sp³-hybridized carbons (Fsp3) is 0.259. The number of anilines is 1. The summed E-state index contributed by atoms with van der Waals surface area (Å²) < 4.78 is 68.7. The van der Waals surface area contributed by atoms with E-state index in [4.69, 9.17) is 11.6 Å². The van der Waals surface area contributed by atoms with Gasteiger partial charge in [-0.2, -0.15) is 13.2 Å². The monoisotopic (exact) mass is 581 g/mol. The number of nitrogens with one attached hydrogen (secondary N) is 1. The van der Waals surface area contributed by atoms with E-state index >= 15 is 0 Å². The number of hydrogen-bond acceptors (Lipinski definition) is 4. The highest BCUT2D eigenvalue weighted by atomic mass is 35.5. The lowest BCUT2D eigenvalue weighted by Gasteiger charge is -2.33. The molecule has 7 nitrogen and oxygen atoms in total. The number of amides is 2. The minimum atomic E-state index is -4.79. The Hall–Kier alpha value is -3.57. The van der Waals surface area contributed by atoms with Crippen LogP contribution >= 0.6 is 11.6 Å². The summed E-state index contributed by atoms with van der Waals surface area (Å²) in [6, 6.07) is 17.0. The summed E-state index contributed by atoms with van der Waals surface area (Å²) in [7, 11) is -3.16. The summed E-state index contributed by atoms with van der Waals surface area (Å²) >= 11 is 6.23. The van der Waals surface area contributed by atoms with Crippen LogP contribution in [-0.2, 0) is 32.3 Å². The largest absolute Gasteiger partial charge is 0.416 e. The number of likely N-dealkylation sites (N-methyl/N-ethyl adjacent to an activating group) is 1. The van der Waals surface area contributed by atoms with Crippen LogP contribution in [0.2, 0.25) is 5.02 Å². The van der Waals surface area contributed by atoms with Crippen molar-refractivity contribution < 1.29 is 31.2 Å². The predicted molar refractivity (Wildman–Crippen MR) is 143 cm³/mol. The second-order valence-electron chi connectivity index (χ2n) is 8.53. The van der Waals surface area contributed by atoms with E-state index in [-0.39, 0.29) is 22.9 Å². The zero-order valence-corrected chi connectivity index (χ0v) is 22.7. The Morgan fingerprint density at radius 1 is 0.974 bits per heavy atom. The summed E-state index contributed by atoms with van der Waals surface area (Å²) in [6.45, 7) is 0.743. The Labute approximate surface area is 230 Å². The van der Waals surface area contributed by atoms with E-state index in [0.29, 0.717) is 15.9 Å². The first-order valence-corrected chi connectivity index (χ1v) is 13.7. The summed E-state index contributed by atoms with van der Waals surface area (Å²) in [4.78, 5) is 27.4. The minimum Gasteiger partial charge on any atom is -0.357 e. The summed E-state index contributed by atoms with van der Waals surface area (Å²) in [5.41, 5.74) is -0.986. The van der Waals surface area contributed by atoms with Crippen LogP contribution in [0.4, 0.5) is 18.9 Å². The molecule has 0 aliphatic heterocycles. The highest BCUT2D eigenvalue weighted by molar-refractivity contribution is 7.92. The van der Waals surface area contributed by atoms with Gasteiger partial charge in [-0.1, -0.05) is 67.1 Å². The van der Waals surface area contributed by atoms with E-state index in [0.717, 1.165) is 12.1 Å². The Morgan fingerprint density at radius 2 is 1.56 bits per heavy atom. The maximum atomic E-state index is 13.8. The van der Waals surface area contributed by atoms with Gasteiger partial charge in [0.25, 0.3) is 10.0 Å². The van der Waals surface area contributed by atoms with E-state index in [9.17, 15) is 31.2 Å². The molecule has 0 aliphatic rings. The SMILES string of the molecule is CC[C@H](C(=O)NC)N(Cc1ccccc1)C(=O)CN(c1cc(C(F)(F)F)ccc1Cl)S(=O)(=O)c1ccccc1. The van der Waals surface area contributed by atoms with Crippen LogP contribution in [0.1, 0.15) is 24.5 Å². The van der Waals surface area contributed by atoms with E-state index in [1.165, 1.54) is 36.2 Å². The smallest absolute Gasteiger partial charge is 0.357 e. The second-order valence-corrected chi connectivity index (χ2v) is 10.8. The van der Waals surface area contributed by atoms with Gasteiger partial charge in [0.15, 0.2) is 0 Å². The third-order valence-corrected chi connectivity index (χ3v) is 8.07. The first-order valence-electron chi connectivity index (χ1n) is 11.9. The Kier molecular flexibility index (Phi) is 9.63. The predicted octanol–water partition coefficient (Wildman–Crippen LogP) is 5.11. The normalized spacial score (nSPS) is 12.5. The number of alkyl halides is 3. The van der Waals surface area contributed by atoms with Crippen LogP contribution in [-0.4, -0.2) is 44.8 Å². The van der Waals surface area contributed by atoms with Crippen LogP contribution in [0.5, 0.6) is 0 Å². The maximum Gasteiger partial charge on any atom is 0.416 e. The number of carbonyl (C=O) groups excluding carboxylic acids is 2. The molecular weight excluding hydrogens is 555 g/mol. The average molecular weight is 582 g/mol. The Morgan fingerprint density at radius 3 is 2.10 bits per heavy atom.